The summed E-state index contributed by atoms with van der Waals surface area (Å²) in [6.07, 6.45) is -3.15. The van der Waals surface area contributed by atoms with E-state index >= 15 is 0 Å². The third-order valence-corrected chi connectivity index (χ3v) is 3.01. The number of halogens is 4. The highest BCUT2D eigenvalue weighted by atomic mass is 19.4. The number of hydrogen-bond acceptors (Lipinski definition) is 3. The number of rotatable bonds is 1. The quantitative estimate of drug-likeness (QED) is 0.585. The summed E-state index contributed by atoms with van der Waals surface area (Å²) in [5.74, 6) is -2.83. The van der Waals surface area contributed by atoms with Crippen LogP contribution >= 0.6 is 0 Å². The van der Waals surface area contributed by atoms with Crippen molar-refractivity contribution in [1.82, 2.24) is 14.6 Å². The molecule has 2 aromatic heterocycles. The lowest BCUT2D eigenvalue weighted by molar-refractivity contribution is -0.147. The second-order valence-corrected chi connectivity index (χ2v) is 4.12. The molecular formula is C10H6F4N4O. The molecule has 0 bridgehead atoms. The number of amides is 1. The molecule has 0 saturated heterocycles. The van der Waals surface area contributed by atoms with Crippen LogP contribution in [0.25, 0.3) is 5.65 Å². The minimum atomic E-state index is -4.55. The number of aromatic nitrogens is 3. The number of carbonyl (C=O) groups is 1. The summed E-state index contributed by atoms with van der Waals surface area (Å²) in [4.78, 5) is 15.5. The highest BCUT2D eigenvalue weighted by molar-refractivity contribution is 5.80. The van der Waals surface area contributed by atoms with Gasteiger partial charge in [0.15, 0.2) is 5.65 Å². The van der Waals surface area contributed by atoms with Crippen LogP contribution in [0.5, 0.6) is 0 Å². The van der Waals surface area contributed by atoms with E-state index in [1.54, 1.807) is 0 Å². The van der Waals surface area contributed by atoms with Crippen molar-refractivity contribution in [2.24, 2.45) is 0 Å². The maximum absolute atomic E-state index is 13.1. The van der Waals surface area contributed by atoms with Crippen LogP contribution in [0.3, 0.4) is 0 Å². The van der Waals surface area contributed by atoms with Crippen LogP contribution in [-0.2, 0) is 4.79 Å². The molecule has 100 valence electrons. The van der Waals surface area contributed by atoms with Gasteiger partial charge in [0.05, 0.1) is 17.6 Å². The maximum atomic E-state index is 13.1. The van der Waals surface area contributed by atoms with Crippen molar-refractivity contribution in [1.29, 1.82) is 0 Å². The van der Waals surface area contributed by atoms with Crippen molar-refractivity contribution >= 4 is 17.7 Å². The zero-order valence-corrected chi connectivity index (χ0v) is 9.23. The van der Waals surface area contributed by atoms with Crippen molar-refractivity contribution in [3.05, 3.63) is 23.9 Å². The maximum Gasteiger partial charge on any atom is 0.399 e. The summed E-state index contributed by atoms with van der Waals surface area (Å²) in [5.41, 5.74) is -0.306. The van der Waals surface area contributed by atoms with Crippen LogP contribution in [-0.4, -0.2) is 33.7 Å². The standard InChI is InChI=1S/C10H6F4N4O/c11-7-1-8-15-2-6-9(18(8)16-7)5(10(12,13)14)3-17(6)4-19/h1-2,4-5H,3H2. The Hall–Kier alpha value is -2.19. The van der Waals surface area contributed by atoms with Gasteiger partial charge in [0.2, 0.25) is 12.4 Å². The van der Waals surface area contributed by atoms with Crippen LogP contribution in [0, 0.1) is 5.95 Å². The van der Waals surface area contributed by atoms with Gasteiger partial charge in [-0.25, -0.2) is 9.50 Å². The molecule has 0 saturated carbocycles. The van der Waals surface area contributed by atoms with E-state index < -0.39 is 24.6 Å². The Balaban J connectivity index is 2.30. The van der Waals surface area contributed by atoms with Gasteiger partial charge in [0, 0.05) is 12.6 Å². The second-order valence-electron chi connectivity index (χ2n) is 4.12. The minimum Gasteiger partial charge on any atom is -0.311 e. The Morgan fingerprint density at radius 2 is 2.16 bits per heavy atom. The monoisotopic (exact) mass is 274 g/mol. The zero-order chi connectivity index (χ0) is 13.8. The van der Waals surface area contributed by atoms with E-state index in [0.29, 0.717) is 0 Å². The van der Waals surface area contributed by atoms with E-state index in [9.17, 15) is 22.4 Å². The second kappa shape index (κ2) is 3.65. The lowest BCUT2D eigenvalue weighted by atomic mass is 10.1. The van der Waals surface area contributed by atoms with Crippen molar-refractivity contribution in [3.63, 3.8) is 0 Å². The summed E-state index contributed by atoms with van der Waals surface area (Å²) in [6, 6.07) is 0.928. The Morgan fingerprint density at radius 1 is 1.42 bits per heavy atom. The number of hydrogen-bond donors (Lipinski definition) is 0. The van der Waals surface area contributed by atoms with Gasteiger partial charge in [-0.05, 0) is 0 Å². The molecule has 1 aliphatic heterocycles. The lowest BCUT2D eigenvalue weighted by Crippen LogP contribution is -2.27. The van der Waals surface area contributed by atoms with E-state index in [-0.39, 0.29) is 23.4 Å². The molecule has 5 nitrogen and oxygen atoms in total. The predicted octanol–water partition coefficient (Wildman–Crippen LogP) is 1.49. The first-order chi connectivity index (χ1) is 8.91. The van der Waals surface area contributed by atoms with Crippen molar-refractivity contribution < 1.29 is 22.4 Å². The molecule has 3 rings (SSSR count). The van der Waals surface area contributed by atoms with Gasteiger partial charge in [-0.1, -0.05) is 0 Å². The largest absolute Gasteiger partial charge is 0.399 e. The first kappa shape index (κ1) is 11.9. The van der Waals surface area contributed by atoms with Crippen molar-refractivity contribution in [2.75, 3.05) is 11.4 Å². The number of alkyl halides is 3. The topological polar surface area (TPSA) is 50.5 Å². The molecule has 0 fully saturated rings. The van der Waals surface area contributed by atoms with E-state index in [1.165, 1.54) is 0 Å². The molecule has 3 heterocycles. The van der Waals surface area contributed by atoms with Gasteiger partial charge in [0.25, 0.3) is 0 Å². The zero-order valence-electron chi connectivity index (χ0n) is 9.23. The van der Waals surface area contributed by atoms with Crippen molar-refractivity contribution in [2.45, 2.75) is 12.1 Å². The predicted molar refractivity (Wildman–Crippen MR) is 55.2 cm³/mol. The Morgan fingerprint density at radius 3 is 2.79 bits per heavy atom. The normalized spacial score (nSPS) is 18.9. The Bertz CT molecular complexity index is 665. The molecule has 0 aromatic carbocycles. The minimum absolute atomic E-state index is 0.00655. The smallest absolute Gasteiger partial charge is 0.311 e. The number of fused-ring (bicyclic) bond motifs is 3. The third-order valence-electron chi connectivity index (χ3n) is 3.01. The molecule has 1 amide bonds. The average Bonchev–Trinajstić information content (AvgIpc) is 2.86. The SMILES string of the molecule is O=CN1CC(C(F)(F)F)c2c1cnc1cc(F)nn21. The van der Waals surface area contributed by atoms with Crippen LogP contribution in [0.2, 0.25) is 0 Å². The Kier molecular flexibility index (Phi) is 2.28. The molecule has 2 aromatic rings. The summed E-state index contributed by atoms with van der Waals surface area (Å²) in [6.45, 7) is -0.551. The summed E-state index contributed by atoms with van der Waals surface area (Å²) >= 11 is 0. The molecule has 1 unspecified atom stereocenters. The molecule has 9 heteroatoms. The number of carbonyl (C=O) groups excluding carboxylic acids is 1. The fourth-order valence-electron chi connectivity index (χ4n) is 2.20. The molecule has 0 N–H and O–H groups in total. The van der Waals surface area contributed by atoms with Crippen LogP contribution < -0.4 is 4.90 Å². The molecule has 1 aliphatic rings. The third kappa shape index (κ3) is 1.65. The van der Waals surface area contributed by atoms with E-state index in [1.807, 2.05) is 0 Å². The van der Waals surface area contributed by atoms with Gasteiger partial charge in [-0.3, -0.25) is 4.79 Å². The molecule has 0 aliphatic carbocycles. The van der Waals surface area contributed by atoms with E-state index in [0.717, 1.165) is 21.7 Å². The van der Waals surface area contributed by atoms with Crippen LogP contribution in [0.15, 0.2) is 12.3 Å². The van der Waals surface area contributed by atoms with Gasteiger partial charge < -0.3 is 4.90 Å². The molecular weight excluding hydrogens is 268 g/mol. The summed E-state index contributed by atoms with van der Waals surface area (Å²) < 4.78 is 52.8. The molecule has 0 radical (unpaired) electrons. The molecule has 1 atom stereocenters. The highest BCUT2D eigenvalue weighted by Gasteiger charge is 2.49. The first-order valence-corrected chi connectivity index (χ1v) is 5.24. The van der Waals surface area contributed by atoms with Crippen LogP contribution in [0.1, 0.15) is 11.6 Å². The average molecular weight is 274 g/mol. The highest BCUT2D eigenvalue weighted by Crippen LogP contribution is 2.44. The van der Waals surface area contributed by atoms with Crippen LogP contribution in [0.4, 0.5) is 23.2 Å². The van der Waals surface area contributed by atoms with E-state index in [2.05, 4.69) is 10.1 Å². The van der Waals surface area contributed by atoms with Gasteiger partial charge >= 0.3 is 6.18 Å². The van der Waals surface area contributed by atoms with Crippen molar-refractivity contribution in [3.8, 4) is 0 Å². The first-order valence-electron chi connectivity index (χ1n) is 5.24. The molecule has 19 heavy (non-hydrogen) atoms. The van der Waals surface area contributed by atoms with Gasteiger partial charge in [-0.15, -0.1) is 5.10 Å². The number of anilines is 1. The fraction of sp³-hybridized carbons (Fsp3) is 0.300. The van der Waals surface area contributed by atoms with Gasteiger partial charge in [0.1, 0.15) is 5.92 Å². The van der Waals surface area contributed by atoms with Gasteiger partial charge in [-0.2, -0.15) is 17.6 Å². The fourth-order valence-corrected chi connectivity index (χ4v) is 2.20. The summed E-state index contributed by atoms with van der Waals surface area (Å²) in [5, 5.41) is 3.36. The van der Waals surface area contributed by atoms with E-state index in [4.69, 9.17) is 0 Å². The summed E-state index contributed by atoms with van der Waals surface area (Å²) in [7, 11) is 0. The lowest BCUT2D eigenvalue weighted by Gasteiger charge is -2.15. The Labute approximate surface area is 103 Å². The number of nitrogens with zero attached hydrogens (tertiary/aromatic N) is 4. The molecule has 0 spiro atoms.